The fraction of sp³-hybridized carbons (Fsp3) is 0.235. The Morgan fingerprint density at radius 3 is 2.22 bits per heavy atom. The van der Waals surface area contributed by atoms with Crippen LogP contribution in [0.3, 0.4) is 0 Å². The Labute approximate surface area is 139 Å². The second-order valence-electron chi connectivity index (χ2n) is 4.52. The van der Waals surface area contributed by atoms with E-state index in [0.29, 0.717) is 23.1 Å². The normalized spacial score (nSPS) is 10.2. The van der Waals surface area contributed by atoms with Crippen LogP contribution in [0.25, 0.3) is 0 Å². The van der Waals surface area contributed by atoms with Gasteiger partial charge in [-0.2, -0.15) is 0 Å². The van der Waals surface area contributed by atoms with Crippen LogP contribution in [-0.2, 0) is 0 Å². The van der Waals surface area contributed by atoms with E-state index in [9.17, 15) is 4.79 Å². The number of hydrogen-bond acceptors (Lipinski definition) is 4. The molecular formula is C17H17ClO5. The molecule has 2 rings (SSSR count). The third-order valence-corrected chi connectivity index (χ3v) is 3.15. The van der Waals surface area contributed by atoms with E-state index < -0.39 is 5.97 Å². The van der Waals surface area contributed by atoms with Gasteiger partial charge >= 0.3 is 5.97 Å². The molecule has 6 heteroatoms. The zero-order chi connectivity index (χ0) is 16.7. The first-order valence-electron chi connectivity index (χ1n) is 7.12. The van der Waals surface area contributed by atoms with Gasteiger partial charge in [-0.25, -0.2) is 4.79 Å². The molecule has 0 spiro atoms. The Balaban J connectivity index is 1.92. The van der Waals surface area contributed by atoms with Gasteiger partial charge < -0.3 is 19.3 Å². The number of carboxylic acids is 1. The highest BCUT2D eigenvalue weighted by Gasteiger charge is 2.12. The van der Waals surface area contributed by atoms with Crippen molar-refractivity contribution in [3.63, 3.8) is 0 Å². The Morgan fingerprint density at radius 2 is 1.61 bits per heavy atom. The average Bonchev–Trinajstić information content (AvgIpc) is 2.54. The van der Waals surface area contributed by atoms with Crippen molar-refractivity contribution in [2.45, 2.75) is 6.92 Å². The van der Waals surface area contributed by atoms with Gasteiger partial charge in [0.15, 0.2) is 11.5 Å². The smallest absolute Gasteiger partial charge is 0.339 e. The molecular weight excluding hydrogens is 320 g/mol. The van der Waals surface area contributed by atoms with Crippen LogP contribution in [0.5, 0.6) is 17.2 Å². The van der Waals surface area contributed by atoms with E-state index in [2.05, 4.69) is 0 Å². The summed E-state index contributed by atoms with van der Waals surface area (Å²) in [6.45, 7) is 2.89. The third-order valence-electron chi connectivity index (χ3n) is 2.92. The van der Waals surface area contributed by atoms with Crippen LogP contribution >= 0.6 is 11.6 Å². The SMILES string of the molecule is CCOc1ccccc1OCCOc1ccc(Cl)cc1C(=O)O. The van der Waals surface area contributed by atoms with E-state index >= 15 is 0 Å². The number of halogens is 1. The molecule has 23 heavy (non-hydrogen) atoms. The lowest BCUT2D eigenvalue weighted by atomic mass is 10.2. The van der Waals surface area contributed by atoms with Gasteiger partial charge in [-0.15, -0.1) is 0 Å². The molecule has 1 N–H and O–H groups in total. The summed E-state index contributed by atoms with van der Waals surface area (Å²) in [5.41, 5.74) is 0.0206. The van der Waals surface area contributed by atoms with Crippen molar-refractivity contribution in [2.24, 2.45) is 0 Å². The van der Waals surface area contributed by atoms with Crippen LogP contribution in [0.4, 0.5) is 0 Å². The third kappa shape index (κ3) is 4.79. The van der Waals surface area contributed by atoms with Gasteiger partial charge in [0.1, 0.15) is 24.5 Å². The number of ether oxygens (including phenoxy) is 3. The lowest BCUT2D eigenvalue weighted by molar-refractivity contribution is 0.0691. The summed E-state index contributed by atoms with van der Waals surface area (Å²) in [5, 5.41) is 9.48. The Kier molecular flexibility index (Phi) is 6.11. The van der Waals surface area contributed by atoms with E-state index in [0.717, 1.165) is 0 Å². The van der Waals surface area contributed by atoms with Crippen molar-refractivity contribution < 1.29 is 24.1 Å². The first-order valence-corrected chi connectivity index (χ1v) is 7.50. The summed E-state index contributed by atoms with van der Waals surface area (Å²) in [7, 11) is 0. The second-order valence-corrected chi connectivity index (χ2v) is 4.96. The molecule has 0 amide bonds. The first kappa shape index (κ1) is 17.0. The molecule has 0 bridgehead atoms. The van der Waals surface area contributed by atoms with E-state index in [1.807, 2.05) is 25.1 Å². The van der Waals surface area contributed by atoms with Crippen molar-refractivity contribution in [1.29, 1.82) is 0 Å². The quantitative estimate of drug-likeness (QED) is 0.741. The van der Waals surface area contributed by atoms with Gasteiger partial charge in [0.2, 0.25) is 0 Å². The predicted octanol–water partition coefficient (Wildman–Crippen LogP) is 3.89. The Bertz CT molecular complexity index is 672. The zero-order valence-corrected chi connectivity index (χ0v) is 13.4. The van der Waals surface area contributed by atoms with Crippen LogP contribution in [0, 0.1) is 0 Å². The highest BCUT2D eigenvalue weighted by molar-refractivity contribution is 6.31. The molecule has 122 valence electrons. The molecule has 0 saturated carbocycles. The second kappa shape index (κ2) is 8.29. The maximum Gasteiger partial charge on any atom is 0.339 e. The molecule has 0 aliphatic carbocycles. The highest BCUT2D eigenvalue weighted by Crippen LogP contribution is 2.26. The maximum absolute atomic E-state index is 11.2. The van der Waals surface area contributed by atoms with Crippen molar-refractivity contribution in [2.75, 3.05) is 19.8 Å². The van der Waals surface area contributed by atoms with Crippen LogP contribution in [-0.4, -0.2) is 30.9 Å². The average molecular weight is 337 g/mol. The molecule has 0 unspecified atom stereocenters. The van der Waals surface area contributed by atoms with Gasteiger partial charge in [-0.1, -0.05) is 23.7 Å². The summed E-state index contributed by atoms with van der Waals surface area (Å²) in [5.74, 6) is 0.439. The summed E-state index contributed by atoms with van der Waals surface area (Å²) < 4.78 is 16.5. The summed E-state index contributed by atoms with van der Waals surface area (Å²) in [6.07, 6.45) is 0. The minimum atomic E-state index is -1.09. The molecule has 0 saturated heterocycles. The molecule has 5 nitrogen and oxygen atoms in total. The highest BCUT2D eigenvalue weighted by atomic mass is 35.5. The molecule has 2 aromatic rings. The minimum absolute atomic E-state index is 0.0206. The Hall–Kier alpha value is -2.40. The van der Waals surface area contributed by atoms with Crippen LogP contribution < -0.4 is 14.2 Å². The zero-order valence-electron chi connectivity index (χ0n) is 12.6. The lowest BCUT2D eigenvalue weighted by Crippen LogP contribution is -2.11. The molecule has 0 heterocycles. The summed E-state index contributed by atoms with van der Waals surface area (Å²) >= 11 is 5.79. The maximum atomic E-state index is 11.2. The number of rotatable bonds is 8. The van der Waals surface area contributed by atoms with E-state index in [1.165, 1.54) is 12.1 Å². The van der Waals surface area contributed by atoms with Crippen molar-refractivity contribution in [1.82, 2.24) is 0 Å². The molecule has 0 atom stereocenters. The molecule has 0 aromatic heterocycles. The van der Waals surface area contributed by atoms with Crippen LogP contribution in [0.2, 0.25) is 5.02 Å². The van der Waals surface area contributed by atoms with E-state index in [4.69, 9.17) is 30.9 Å². The van der Waals surface area contributed by atoms with E-state index in [-0.39, 0.29) is 24.5 Å². The fourth-order valence-corrected chi connectivity index (χ4v) is 2.11. The molecule has 2 aromatic carbocycles. The number of para-hydroxylation sites is 2. The number of carboxylic acid groups (broad SMARTS) is 1. The first-order chi connectivity index (χ1) is 11.1. The standard InChI is InChI=1S/C17H17ClO5/c1-2-21-15-5-3-4-6-16(15)23-10-9-22-14-8-7-12(18)11-13(14)17(19)20/h3-8,11H,2,9-10H2,1H3,(H,19,20). The minimum Gasteiger partial charge on any atom is -0.490 e. The molecule has 0 radical (unpaired) electrons. The summed E-state index contributed by atoms with van der Waals surface area (Å²) in [6, 6.07) is 11.8. The molecule has 0 aliphatic heterocycles. The van der Waals surface area contributed by atoms with Crippen LogP contribution in [0.15, 0.2) is 42.5 Å². The monoisotopic (exact) mass is 336 g/mol. The topological polar surface area (TPSA) is 65.0 Å². The summed E-state index contributed by atoms with van der Waals surface area (Å²) in [4.78, 5) is 11.2. The number of carbonyl (C=O) groups is 1. The van der Waals surface area contributed by atoms with Crippen LogP contribution in [0.1, 0.15) is 17.3 Å². The van der Waals surface area contributed by atoms with Gasteiger partial charge in [-0.3, -0.25) is 0 Å². The van der Waals surface area contributed by atoms with Crippen molar-refractivity contribution >= 4 is 17.6 Å². The van der Waals surface area contributed by atoms with Gasteiger partial charge in [0, 0.05) is 5.02 Å². The van der Waals surface area contributed by atoms with Gasteiger partial charge in [-0.05, 0) is 37.3 Å². The Morgan fingerprint density at radius 1 is 1.00 bits per heavy atom. The largest absolute Gasteiger partial charge is 0.490 e. The lowest BCUT2D eigenvalue weighted by Gasteiger charge is -2.13. The van der Waals surface area contributed by atoms with Gasteiger partial charge in [0.25, 0.3) is 0 Å². The van der Waals surface area contributed by atoms with Crippen molar-refractivity contribution in [3.05, 3.63) is 53.1 Å². The molecule has 0 aliphatic rings. The predicted molar refractivity (Wildman–Crippen MR) is 87.0 cm³/mol. The molecule has 0 fully saturated rings. The number of benzene rings is 2. The van der Waals surface area contributed by atoms with Gasteiger partial charge in [0.05, 0.1) is 6.61 Å². The van der Waals surface area contributed by atoms with E-state index in [1.54, 1.807) is 12.1 Å². The fourth-order valence-electron chi connectivity index (χ4n) is 1.94. The number of aromatic carboxylic acids is 1. The number of hydrogen-bond donors (Lipinski definition) is 1. The van der Waals surface area contributed by atoms with Crippen molar-refractivity contribution in [3.8, 4) is 17.2 Å².